The minimum atomic E-state index is 0.0972. The molecule has 0 N–H and O–H groups in total. The maximum Gasteiger partial charge on any atom is 0.255 e. The molecule has 1 amide bonds. The Kier molecular flexibility index (Phi) is 5.03. The fraction of sp³-hybridized carbons (Fsp3) is 0.462. The van der Waals surface area contributed by atoms with Crippen LogP contribution in [0.4, 0.5) is 0 Å². The first-order valence-corrected chi connectivity index (χ1v) is 7.75. The molecule has 0 spiro atoms. The number of ether oxygens (including phenoxy) is 1. The average Bonchev–Trinajstić information content (AvgIpc) is 3.17. The average molecular weight is 424 g/mol. The normalized spacial score (nSPS) is 14.6. The van der Waals surface area contributed by atoms with E-state index in [4.69, 9.17) is 4.74 Å². The van der Waals surface area contributed by atoms with Gasteiger partial charge in [-0.15, -0.1) is 0 Å². The van der Waals surface area contributed by atoms with Gasteiger partial charge in [0.1, 0.15) is 0 Å². The van der Waals surface area contributed by atoms with Crippen molar-refractivity contribution in [2.45, 2.75) is 18.9 Å². The van der Waals surface area contributed by atoms with Crippen molar-refractivity contribution >= 4 is 44.4 Å². The van der Waals surface area contributed by atoms with Crippen molar-refractivity contribution in [3.63, 3.8) is 0 Å². The molecule has 0 radical (unpaired) electrons. The third-order valence-electron chi connectivity index (χ3n) is 2.94. The first kappa shape index (κ1) is 14.3. The third-order valence-corrected chi connectivity index (χ3v) is 4.31. The van der Waals surface area contributed by atoms with Crippen LogP contribution in [0.25, 0.3) is 0 Å². The summed E-state index contributed by atoms with van der Waals surface area (Å²) in [4.78, 5) is 14.5. The summed E-state index contributed by atoms with van der Waals surface area (Å²) in [5.74, 6) is 0.0972. The van der Waals surface area contributed by atoms with Crippen molar-refractivity contribution < 1.29 is 9.53 Å². The first-order valence-electron chi connectivity index (χ1n) is 5.88. The fourth-order valence-corrected chi connectivity index (χ4v) is 2.75. The number of amides is 1. The van der Waals surface area contributed by atoms with Gasteiger partial charge in [-0.3, -0.25) is 4.79 Å². The van der Waals surface area contributed by atoms with Crippen molar-refractivity contribution in [1.29, 1.82) is 0 Å². The summed E-state index contributed by atoms with van der Waals surface area (Å²) in [5.41, 5.74) is 0.741. The summed E-state index contributed by atoms with van der Waals surface area (Å²) in [7, 11) is 1.66. The van der Waals surface area contributed by atoms with E-state index in [0.717, 1.165) is 26.4 Å². The predicted molar refractivity (Wildman–Crippen MR) is 82.8 cm³/mol. The summed E-state index contributed by atoms with van der Waals surface area (Å²) >= 11 is 5.68. The summed E-state index contributed by atoms with van der Waals surface area (Å²) in [6.45, 7) is 1.25. The molecule has 0 aromatic heterocycles. The van der Waals surface area contributed by atoms with Gasteiger partial charge in [0.2, 0.25) is 0 Å². The Labute approximate surface area is 129 Å². The Hall–Kier alpha value is -0.140. The van der Waals surface area contributed by atoms with Crippen LogP contribution in [0.2, 0.25) is 0 Å². The van der Waals surface area contributed by atoms with Crippen molar-refractivity contribution in [3.8, 4) is 0 Å². The molecule has 3 nitrogen and oxygen atoms in total. The Balaban J connectivity index is 2.19. The molecule has 1 aromatic carbocycles. The molecule has 0 unspecified atom stereocenters. The number of hydrogen-bond acceptors (Lipinski definition) is 2. The second-order valence-corrected chi connectivity index (χ2v) is 6.45. The van der Waals surface area contributed by atoms with E-state index in [1.54, 1.807) is 7.11 Å². The molecule has 0 heterocycles. The number of carbonyl (C=O) groups excluding carboxylic acids is 1. The minimum Gasteiger partial charge on any atom is -0.383 e. The first-order chi connectivity index (χ1) is 8.63. The van der Waals surface area contributed by atoms with Crippen LogP contribution in [0.15, 0.2) is 22.7 Å². The van der Waals surface area contributed by atoms with Crippen LogP contribution in [0.3, 0.4) is 0 Å². The van der Waals surface area contributed by atoms with Gasteiger partial charge in [0, 0.05) is 27.7 Å². The number of hydrogen-bond donors (Lipinski definition) is 0. The van der Waals surface area contributed by atoms with Crippen LogP contribution in [-0.2, 0) is 4.74 Å². The van der Waals surface area contributed by atoms with E-state index in [1.807, 2.05) is 23.1 Å². The lowest BCUT2D eigenvalue weighted by Gasteiger charge is -2.22. The molecule has 1 fully saturated rings. The molecule has 0 bridgehead atoms. The molecule has 1 saturated carbocycles. The van der Waals surface area contributed by atoms with Gasteiger partial charge in [0.15, 0.2) is 0 Å². The third kappa shape index (κ3) is 3.45. The molecule has 1 aliphatic carbocycles. The van der Waals surface area contributed by atoms with E-state index in [-0.39, 0.29) is 5.91 Å². The zero-order valence-corrected chi connectivity index (χ0v) is 13.9. The Morgan fingerprint density at radius 2 is 2.28 bits per heavy atom. The molecule has 18 heavy (non-hydrogen) atoms. The monoisotopic (exact) mass is 423 g/mol. The van der Waals surface area contributed by atoms with E-state index in [0.29, 0.717) is 19.2 Å². The molecule has 2 rings (SSSR count). The molecule has 5 heteroatoms. The Bertz CT molecular complexity index is 449. The number of carbonyl (C=O) groups is 1. The van der Waals surface area contributed by atoms with Gasteiger partial charge in [-0.1, -0.05) is 0 Å². The van der Waals surface area contributed by atoms with Gasteiger partial charge in [-0.2, -0.15) is 0 Å². The summed E-state index contributed by atoms with van der Waals surface area (Å²) in [5, 5.41) is 0. The van der Waals surface area contributed by atoms with Crippen molar-refractivity contribution in [1.82, 2.24) is 4.90 Å². The van der Waals surface area contributed by atoms with Gasteiger partial charge in [-0.05, 0) is 69.6 Å². The van der Waals surface area contributed by atoms with Gasteiger partial charge in [-0.25, -0.2) is 0 Å². The van der Waals surface area contributed by atoms with Gasteiger partial charge < -0.3 is 9.64 Å². The maximum atomic E-state index is 12.5. The van der Waals surface area contributed by atoms with Crippen LogP contribution in [0.5, 0.6) is 0 Å². The van der Waals surface area contributed by atoms with Gasteiger partial charge >= 0.3 is 0 Å². The molecular formula is C13H15BrINO2. The fourth-order valence-electron chi connectivity index (χ4n) is 1.84. The van der Waals surface area contributed by atoms with Crippen molar-refractivity contribution in [3.05, 3.63) is 31.8 Å². The van der Waals surface area contributed by atoms with Crippen molar-refractivity contribution in [2.24, 2.45) is 0 Å². The zero-order valence-electron chi connectivity index (χ0n) is 10.2. The molecule has 1 aliphatic rings. The maximum absolute atomic E-state index is 12.5. The number of nitrogens with zero attached hydrogens (tertiary/aromatic N) is 1. The largest absolute Gasteiger partial charge is 0.383 e. The van der Waals surface area contributed by atoms with E-state index in [2.05, 4.69) is 38.5 Å². The summed E-state index contributed by atoms with van der Waals surface area (Å²) < 4.78 is 7.01. The smallest absolute Gasteiger partial charge is 0.255 e. The lowest BCUT2D eigenvalue weighted by atomic mass is 10.2. The highest BCUT2D eigenvalue weighted by Crippen LogP contribution is 2.30. The quantitative estimate of drug-likeness (QED) is 0.680. The molecule has 0 atom stereocenters. The predicted octanol–water partition coefficient (Wildman–Crippen LogP) is 3.30. The lowest BCUT2D eigenvalue weighted by Crippen LogP contribution is -2.36. The second kappa shape index (κ2) is 6.34. The van der Waals surface area contributed by atoms with Crippen LogP contribution in [0, 0.1) is 3.57 Å². The molecule has 0 saturated heterocycles. The number of halogens is 2. The minimum absolute atomic E-state index is 0.0972. The summed E-state index contributed by atoms with van der Waals surface area (Å²) in [6, 6.07) is 6.24. The number of benzene rings is 1. The zero-order chi connectivity index (χ0) is 13.1. The number of rotatable bonds is 5. The molecule has 98 valence electrons. The lowest BCUT2D eigenvalue weighted by molar-refractivity contribution is 0.0679. The SMILES string of the molecule is COCCN(C(=O)c1cc(I)ccc1Br)C1CC1. The topological polar surface area (TPSA) is 29.5 Å². The second-order valence-electron chi connectivity index (χ2n) is 4.35. The van der Waals surface area contributed by atoms with Crippen LogP contribution in [-0.4, -0.2) is 37.1 Å². The number of methoxy groups -OCH3 is 1. The Morgan fingerprint density at radius 1 is 1.56 bits per heavy atom. The summed E-state index contributed by atoms with van der Waals surface area (Å²) in [6.07, 6.45) is 2.22. The van der Waals surface area contributed by atoms with E-state index in [9.17, 15) is 4.79 Å². The van der Waals surface area contributed by atoms with E-state index >= 15 is 0 Å². The highest BCUT2D eigenvalue weighted by Gasteiger charge is 2.33. The standard InChI is InChI=1S/C13H15BrINO2/c1-18-7-6-16(10-3-4-10)13(17)11-8-9(15)2-5-12(11)14/h2,5,8,10H,3-4,6-7H2,1H3. The van der Waals surface area contributed by atoms with Crippen LogP contribution in [0.1, 0.15) is 23.2 Å². The van der Waals surface area contributed by atoms with Crippen molar-refractivity contribution in [2.75, 3.05) is 20.3 Å². The highest BCUT2D eigenvalue weighted by atomic mass is 127. The van der Waals surface area contributed by atoms with Crippen LogP contribution < -0.4 is 0 Å². The molecular weight excluding hydrogens is 409 g/mol. The van der Waals surface area contributed by atoms with E-state index < -0.39 is 0 Å². The van der Waals surface area contributed by atoms with Gasteiger partial charge in [0.05, 0.1) is 12.2 Å². The van der Waals surface area contributed by atoms with Gasteiger partial charge in [0.25, 0.3) is 5.91 Å². The molecule has 1 aromatic rings. The van der Waals surface area contributed by atoms with Crippen LogP contribution >= 0.6 is 38.5 Å². The Morgan fingerprint density at radius 3 is 2.89 bits per heavy atom. The highest BCUT2D eigenvalue weighted by molar-refractivity contribution is 14.1. The van der Waals surface area contributed by atoms with E-state index in [1.165, 1.54) is 0 Å². The molecule has 0 aliphatic heterocycles.